The summed E-state index contributed by atoms with van der Waals surface area (Å²) < 4.78 is 5.45. The van der Waals surface area contributed by atoms with Crippen molar-refractivity contribution in [2.45, 2.75) is 0 Å². The highest BCUT2D eigenvalue weighted by Crippen LogP contribution is 2.30. The minimum atomic E-state index is -0.315. The molecule has 5 nitrogen and oxygen atoms in total. The van der Waals surface area contributed by atoms with Gasteiger partial charge in [-0.15, -0.1) is 10.2 Å². The van der Waals surface area contributed by atoms with E-state index >= 15 is 0 Å². The van der Waals surface area contributed by atoms with E-state index in [0.29, 0.717) is 15.9 Å². The smallest absolute Gasteiger partial charge is 0.264 e. The molecule has 1 aromatic heterocycles. The van der Waals surface area contributed by atoms with Gasteiger partial charge in [0.25, 0.3) is 5.91 Å². The van der Waals surface area contributed by atoms with Crippen LogP contribution in [0, 0.1) is 0 Å². The van der Waals surface area contributed by atoms with E-state index in [1.165, 1.54) is 16.8 Å². The quantitative estimate of drug-likeness (QED) is 0.762. The Morgan fingerprint density at radius 1 is 1.17 bits per heavy atom. The maximum atomic E-state index is 11.7. The average molecular weight is 346 g/mol. The van der Waals surface area contributed by atoms with Crippen LogP contribution in [0.1, 0.15) is 0 Å². The number of aromatic nitrogens is 2. The van der Waals surface area contributed by atoms with E-state index in [1.807, 2.05) is 42.5 Å². The zero-order valence-electron chi connectivity index (χ0n) is 11.9. The van der Waals surface area contributed by atoms with Crippen molar-refractivity contribution >= 4 is 34.0 Å². The Morgan fingerprint density at radius 3 is 2.70 bits per heavy atom. The van der Waals surface area contributed by atoms with E-state index in [4.69, 9.17) is 16.3 Å². The van der Waals surface area contributed by atoms with Crippen LogP contribution in [0.4, 0.5) is 5.13 Å². The Balaban J connectivity index is 1.63. The number of benzene rings is 2. The van der Waals surface area contributed by atoms with Crippen LogP contribution in [0.2, 0.25) is 5.02 Å². The summed E-state index contributed by atoms with van der Waals surface area (Å²) in [5.74, 6) is 0.142. The lowest BCUT2D eigenvalue weighted by atomic mass is 10.1. The van der Waals surface area contributed by atoms with Crippen LogP contribution in [0.15, 0.2) is 54.0 Å². The fourth-order valence-corrected chi connectivity index (χ4v) is 2.65. The molecule has 3 aromatic rings. The number of halogens is 1. The zero-order valence-corrected chi connectivity index (χ0v) is 13.5. The molecule has 1 N–H and O–H groups in total. The number of nitrogens with zero attached hydrogens (tertiary/aromatic N) is 2. The Hall–Kier alpha value is -2.44. The predicted octanol–water partition coefficient (Wildman–Crippen LogP) is 3.88. The summed E-state index contributed by atoms with van der Waals surface area (Å²) in [5.41, 5.74) is 3.59. The van der Waals surface area contributed by atoms with E-state index in [-0.39, 0.29) is 12.5 Å². The molecule has 0 aliphatic heterocycles. The number of amides is 1. The van der Waals surface area contributed by atoms with Gasteiger partial charge in [0.05, 0.1) is 5.02 Å². The standard InChI is InChI=1S/C16H12ClN3O2S/c17-13-8-12(11-4-2-1-3-5-11)6-7-14(13)22-9-15(21)19-16-20-18-10-23-16/h1-8,10H,9H2,(H,19,20,21). The van der Waals surface area contributed by atoms with Gasteiger partial charge in [-0.05, 0) is 23.3 Å². The third kappa shape index (κ3) is 4.06. The second kappa shape index (κ2) is 7.21. The van der Waals surface area contributed by atoms with E-state index in [9.17, 15) is 4.79 Å². The van der Waals surface area contributed by atoms with Crippen LogP contribution >= 0.6 is 22.9 Å². The maximum Gasteiger partial charge on any atom is 0.264 e. The summed E-state index contributed by atoms with van der Waals surface area (Å²) in [5, 5.41) is 10.8. The van der Waals surface area contributed by atoms with Crippen molar-refractivity contribution in [1.29, 1.82) is 0 Å². The van der Waals surface area contributed by atoms with Gasteiger partial charge in [0.1, 0.15) is 11.3 Å². The fourth-order valence-electron chi connectivity index (χ4n) is 1.95. The predicted molar refractivity (Wildman–Crippen MR) is 90.9 cm³/mol. The average Bonchev–Trinajstić information content (AvgIpc) is 3.07. The number of carbonyl (C=O) groups excluding carboxylic acids is 1. The molecular formula is C16H12ClN3O2S. The number of hydrogen-bond acceptors (Lipinski definition) is 5. The number of rotatable bonds is 5. The molecule has 116 valence electrons. The van der Waals surface area contributed by atoms with Crippen LogP contribution in [0.3, 0.4) is 0 Å². The van der Waals surface area contributed by atoms with Crippen LogP contribution in [-0.4, -0.2) is 22.7 Å². The normalized spacial score (nSPS) is 10.3. The van der Waals surface area contributed by atoms with Crippen LogP contribution < -0.4 is 10.1 Å². The van der Waals surface area contributed by atoms with Gasteiger partial charge in [-0.1, -0.05) is 59.3 Å². The van der Waals surface area contributed by atoms with Crippen molar-refractivity contribution in [3.8, 4) is 16.9 Å². The van der Waals surface area contributed by atoms with Crippen molar-refractivity contribution < 1.29 is 9.53 Å². The first-order valence-corrected chi connectivity index (χ1v) is 8.02. The second-order valence-electron chi connectivity index (χ2n) is 4.59. The monoisotopic (exact) mass is 345 g/mol. The molecule has 23 heavy (non-hydrogen) atoms. The molecule has 3 rings (SSSR count). The molecule has 2 aromatic carbocycles. The third-order valence-corrected chi connectivity index (χ3v) is 3.91. The highest BCUT2D eigenvalue weighted by Gasteiger charge is 2.09. The van der Waals surface area contributed by atoms with Gasteiger partial charge in [-0.3, -0.25) is 10.1 Å². The lowest BCUT2D eigenvalue weighted by molar-refractivity contribution is -0.118. The number of carbonyl (C=O) groups is 1. The van der Waals surface area contributed by atoms with Crippen molar-refractivity contribution in [2.24, 2.45) is 0 Å². The van der Waals surface area contributed by atoms with Crippen molar-refractivity contribution in [1.82, 2.24) is 10.2 Å². The molecule has 0 saturated carbocycles. The zero-order chi connectivity index (χ0) is 16.1. The van der Waals surface area contributed by atoms with Crippen molar-refractivity contribution in [2.75, 3.05) is 11.9 Å². The highest BCUT2D eigenvalue weighted by atomic mass is 35.5. The molecular weight excluding hydrogens is 334 g/mol. The molecule has 0 bridgehead atoms. The van der Waals surface area contributed by atoms with Crippen LogP contribution in [0.25, 0.3) is 11.1 Å². The lowest BCUT2D eigenvalue weighted by Gasteiger charge is -2.09. The van der Waals surface area contributed by atoms with Crippen molar-refractivity contribution in [3.05, 3.63) is 59.1 Å². The summed E-state index contributed by atoms with van der Waals surface area (Å²) in [4.78, 5) is 11.7. The first-order valence-electron chi connectivity index (χ1n) is 6.76. The minimum absolute atomic E-state index is 0.149. The molecule has 0 spiro atoms. The van der Waals surface area contributed by atoms with Gasteiger partial charge in [0.2, 0.25) is 5.13 Å². The molecule has 0 atom stereocenters. The number of ether oxygens (including phenoxy) is 1. The molecule has 0 fully saturated rings. The third-order valence-electron chi connectivity index (χ3n) is 3.00. The first-order chi connectivity index (χ1) is 11.2. The maximum absolute atomic E-state index is 11.7. The molecule has 7 heteroatoms. The van der Waals surface area contributed by atoms with Gasteiger partial charge in [0, 0.05) is 0 Å². The van der Waals surface area contributed by atoms with Crippen molar-refractivity contribution in [3.63, 3.8) is 0 Å². The largest absolute Gasteiger partial charge is 0.482 e. The molecule has 0 radical (unpaired) electrons. The Bertz CT molecular complexity index is 794. The van der Waals surface area contributed by atoms with E-state index in [0.717, 1.165) is 11.1 Å². The Labute approximate surface area is 141 Å². The van der Waals surface area contributed by atoms with Gasteiger partial charge in [0.15, 0.2) is 6.61 Å². The lowest BCUT2D eigenvalue weighted by Crippen LogP contribution is -2.20. The minimum Gasteiger partial charge on any atom is -0.482 e. The Morgan fingerprint density at radius 2 is 2.00 bits per heavy atom. The van der Waals surface area contributed by atoms with Crippen LogP contribution in [0.5, 0.6) is 5.75 Å². The molecule has 0 aliphatic rings. The molecule has 0 saturated heterocycles. The highest BCUT2D eigenvalue weighted by molar-refractivity contribution is 7.13. The second-order valence-corrected chi connectivity index (χ2v) is 5.83. The number of nitrogens with one attached hydrogen (secondary N) is 1. The summed E-state index contributed by atoms with van der Waals surface area (Å²) in [7, 11) is 0. The summed E-state index contributed by atoms with van der Waals surface area (Å²) in [6.07, 6.45) is 0. The van der Waals surface area contributed by atoms with Gasteiger partial charge >= 0.3 is 0 Å². The summed E-state index contributed by atoms with van der Waals surface area (Å²) in [6.45, 7) is -0.149. The Kier molecular flexibility index (Phi) is 4.85. The SMILES string of the molecule is O=C(COc1ccc(-c2ccccc2)cc1Cl)Nc1nncs1. The van der Waals surface area contributed by atoms with Gasteiger partial charge in [-0.2, -0.15) is 0 Å². The first kappa shape index (κ1) is 15.5. The van der Waals surface area contributed by atoms with E-state index in [1.54, 1.807) is 6.07 Å². The van der Waals surface area contributed by atoms with Gasteiger partial charge in [-0.25, -0.2) is 0 Å². The van der Waals surface area contributed by atoms with E-state index in [2.05, 4.69) is 15.5 Å². The summed E-state index contributed by atoms with van der Waals surface area (Å²) in [6, 6.07) is 15.4. The topological polar surface area (TPSA) is 64.1 Å². The fraction of sp³-hybridized carbons (Fsp3) is 0.0625. The molecule has 0 aliphatic carbocycles. The molecule has 1 amide bonds. The molecule has 1 heterocycles. The van der Waals surface area contributed by atoms with Gasteiger partial charge < -0.3 is 4.74 Å². The van der Waals surface area contributed by atoms with Crippen LogP contribution in [-0.2, 0) is 4.79 Å². The molecule has 0 unspecified atom stereocenters. The number of hydrogen-bond donors (Lipinski definition) is 1. The summed E-state index contributed by atoms with van der Waals surface area (Å²) >= 11 is 7.47. The van der Waals surface area contributed by atoms with E-state index < -0.39 is 0 Å². The number of anilines is 1.